The Morgan fingerprint density at radius 2 is 2.10 bits per heavy atom. The Bertz CT molecular complexity index is 434. The summed E-state index contributed by atoms with van der Waals surface area (Å²) in [6.07, 6.45) is 2.52. The highest BCUT2D eigenvalue weighted by Crippen LogP contribution is 2.34. The van der Waals surface area contributed by atoms with Crippen LogP contribution in [-0.4, -0.2) is 36.6 Å². The van der Waals surface area contributed by atoms with Gasteiger partial charge in [0.05, 0.1) is 24.9 Å². The van der Waals surface area contributed by atoms with E-state index < -0.39 is 6.10 Å². The fourth-order valence-corrected chi connectivity index (χ4v) is 2.96. The minimum Gasteiger partial charge on any atom is -0.490 e. The number of benzene rings is 1. The van der Waals surface area contributed by atoms with Gasteiger partial charge in [0.1, 0.15) is 11.9 Å². The first-order valence-corrected chi connectivity index (χ1v) is 7.33. The molecule has 110 valence electrons. The van der Waals surface area contributed by atoms with Crippen LogP contribution in [0.5, 0.6) is 5.75 Å². The SMILES string of the molecule is CC(O)c1ccc(OC2CCOC3(CCOC3)C2)cc1. The molecule has 2 saturated heterocycles. The maximum atomic E-state index is 9.50. The Labute approximate surface area is 119 Å². The van der Waals surface area contributed by atoms with E-state index in [4.69, 9.17) is 14.2 Å². The Morgan fingerprint density at radius 3 is 2.75 bits per heavy atom. The topological polar surface area (TPSA) is 47.9 Å². The van der Waals surface area contributed by atoms with Crippen molar-refractivity contribution in [3.8, 4) is 5.75 Å². The predicted molar refractivity (Wildman–Crippen MR) is 74.8 cm³/mol. The maximum Gasteiger partial charge on any atom is 0.119 e. The van der Waals surface area contributed by atoms with Gasteiger partial charge < -0.3 is 19.3 Å². The fraction of sp³-hybridized carbons (Fsp3) is 0.625. The third kappa shape index (κ3) is 2.97. The van der Waals surface area contributed by atoms with E-state index in [1.807, 2.05) is 24.3 Å². The first-order chi connectivity index (χ1) is 9.67. The zero-order chi connectivity index (χ0) is 14.0. The van der Waals surface area contributed by atoms with E-state index >= 15 is 0 Å². The summed E-state index contributed by atoms with van der Waals surface area (Å²) in [5.74, 6) is 0.857. The van der Waals surface area contributed by atoms with Crippen molar-refractivity contribution >= 4 is 0 Å². The number of hydrogen-bond donors (Lipinski definition) is 1. The standard InChI is InChI=1S/C16H22O4/c1-12(17)13-2-4-14(5-3-13)20-15-6-8-19-16(10-15)7-9-18-11-16/h2-5,12,15,17H,6-11H2,1H3. The van der Waals surface area contributed by atoms with E-state index in [2.05, 4.69) is 0 Å². The lowest BCUT2D eigenvalue weighted by Gasteiger charge is -2.37. The molecule has 1 N–H and O–H groups in total. The smallest absolute Gasteiger partial charge is 0.119 e. The molecule has 2 heterocycles. The molecule has 2 fully saturated rings. The van der Waals surface area contributed by atoms with E-state index in [-0.39, 0.29) is 11.7 Å². The number of aliphatic hydroxyl groups is 1. The van der Waals surface area contributed by atoms with Crippen molar-refractivity contribution < 1.29 is 19.3 Å². The van der Waals surface area contributed by atoms with Crippen LogP contribution in [-0.2, 0) is 9.47 Å². The monoisotopic (exact) mass is 278 g/mol. The minimum absolute atomic E-state index is 0.123. The molecule has 3 rings (SSSR count). The maximum absolute atomic E-state index is 9.50. The number of hydrogen-bond acceptors (Lipinski definition) is 4. The molecule has 20 heavy (non-hydrogen) atoms. The van der Waals surface area contributed by atoms with Crippen LogP contribution >= 0.6 is 0 Å². The number of aliphatic hydroxyl groups excluding tert-OH is 1. The van der Waals surface area contributed by atoms with E-state index in [1.54, 1.807) is 6.92 Å². The minimum atomic E-state index is -0.439. The van der Waals surface area contributed by atoms with Crippen molar-refractivity contribution in [1.82, 2.24) is 0 Å². The highest BCUT2D eigenvalue weighted by Gasteiger charge is 2.41. The number of ether oxygens (including phenoxy) is 3. The van der Waals surface area contributed by atoms with Crippen LogP contribution in [0.3, 0.4) is 0 Å². The Kier molecular flexibility index (Phi) is 3.96. The zero-order valence-corrected chi connectivity index (χ0v) is 11.9. The second-order valence-corrected chi connectivity index (χ2v) is 5.81. The number of rotatable bonds is 3. The summed E-state index contributed by atoms with van der Waals surface area (Å²) < 4.78 is 17.4. The third-order valence-electron chi connectivity index (χ3n) is 4.18. The largest absolute Gasteiger partial charge is 0.490 e. The van der Waals surface area contributed by atoms with Crippen molar-refractivity contribution in [3.63, 3.8) is 0 Å². The summed E-state index contributed by atoms with van der Waals surface area (Å²) in [5, 5.41) is 9.50. The van der Waals surface area contributed by atoms with E-state index in [0.717, 1.165) is 43.8 Å². The molecule has 0 amide bonds. The molecule has 3 atom stereocenters. The molecule has 1 aromatic carbocycles. The molecule has 1 spiro atoms. The first kappa shape index (κ1) is 13.9. The molecule has 4 nitrogen and oxygen atoms in total. The molecular weight excluding hydrogens is 256 g/mol. The van der Waals surface area contributed by atoms with Gasteiger partial charge in [0.2, 0.25) is 0 Å². The molecular formula is C16H22O4. The van der Waals surface area contributed by atoms with Gasteiger partial charge in [-0.3, -0.25) is 0 Å². The van der Waals surface area contributed by atoms with Crippen LogP contribution in [0.1, 0.15) is 37.9 Å². The second-order valence-electron chi connectivity index (χ2n) is 5.81. The summed E-state index contributed by atoms with van der Waals surface area (Å²) in [7, 11) is 0. The highest BCUT2D eigenvalue weighted by atomic mass is 16.6. The molecule has 0 radical (unpaired) electrons. The van der Waals surface area contributed by atoms with E-state index in [9.17, 15) is 5.11 Å². The van der Waals surface area contributed by atoms with Crippen molar-refractivity contribution in [3.05, 3.63) is 29.8 Å². The van der Waals surface area contributed by atoms with Gasteiger partial charge in [-0.05, 0) is 24.6 Å². The van der Waals surface area contributed by atoms with Crippen molar-refractivity contribution in [1.29, 1.82) is 0 Å². The predicted octanol–water partition coefficient (Wildman–Crippen LogP) is 2.46. The zero-order valence-electron chi connectivity index (χ0n) is 11.9. The van der Waals surface area contributed by atoms with Gasteiger partial charge in [0.25, 0.3) is 0 Å². The van der Waals surface area contributed by atoms with Gasteiger partial charge in [-0.2, -0.15) is 0 Å². The highest BCUT2D eigenvalue weighted by molar-refractivity contribution is 5.28. The molecule has 2 aliphatic heterocycles. The van der Waals surface area contributed by atoms with Gasteiger partial charge in [-0.25, -0.2) is 0 Å². The lowest BCUT2D eigenvalue weighted by atomic mass is 9.91. The fourth-order valence-electron chi connectivity index (χ4n) is 2.96. The summed E-state index contributed by atoms with van der Waals surface area (Å²) >= 11 is 0. The van der Waals surface area contributed by atoms with Crippen LogP contribution in [0.15, 0.2) is 24.3 Å². The van der Waals surface area contributed by atoms with Crippen LogP contribution < -0.4 is 4.74 Å². The quantitative estimate of drug-likeness (QED) is 0.922. The van der Waals surface area contributed by atoms with Gasteiger partial charge in [-0.15, -0.1) is 0 Å². The normalized spacial score (nSPS) is 31.4. The van der Waals surface area contributed by atoms with Crippen LogP contribution in [0.4, 0.5) is 0 Å². The first-order valence-electron chi connectivity index (χ1n) is 7.33. The second kappa shape index (κ2) is 5.72. The summed E-state index contributed by atoms with van der Waals surface area (Å²) in [6, 6.07) is 7.67. The molecule has 2 aliphatic rings. The van der Waals surface area contributed by atoms with Gasteiger partial charge in [-0.1, -0.05) is 12.1 Å². The molecule has 4 heteroatoms. The van der Waals surface area contributed by atoms with Crippen LogP contribution in [0.2, 0.25) is 0 Å². The Morgan fingerprint density at radius 1 is 1.30 bits per heavy atom. The van der Waals surface area contributed by atoms with Crippen molar-refractivity contribution in [2.45, 2.75) is 44.0 Å². The van der Waals surface area contributed by atoms with Crippen LogP contribution in [0, 0.1) is 0 Å². The molecule has 3 unspecified atom stereocenters. The molecule has 0 aromatic heterocycles. The average molecular weight is 278 g/mol. The van der Waals surface area contributed by atoms with E-state index in [1.165, 1.54) is 0 Å². The summed E-state index contributed by atoms with van der Waals surface area (Å²) in [6.45, 7) is 3.97. The van der Waals surface area contributed by atoms with Gasteiger partial charge in [0, 0.05) is 25.9 Å². The average Bonchev–Trinajstić information content (AvgIpc) is 2.87. The molecule has 0 saturated carbocycles. The van der Waals surface area contributed by atoms with Gasteiger partial charge in [0.15, 0.2) is 0 Å². The molecule has 0 bridgehead atoms. The van der Waals surface area contributed by atoms with Crippen LogP contribution in [0.25, 0.3) is 0 Å². The molecule has 0 aliphatic carbocycles. The molecule has 1 aromatic rings. The lowest BCUT2D eigenvalue weighted by molar-refractivity contribution is -0.112. The Hall–Kier alpha value is -1.10. The van der Waals surface area contributed by atoms with Gasteiger partial charge >= 0.3 is 0 Å². The van der Waals surface area contributed by atoms with E-state index in [0.29, 0.717) is 6.61 Å². The van der Waals surface area contributed by atoms with Crippen molar-refractivity contribution in [2.75, 3.05) is 19.8 Å². The summed E-state index contributed by atoms with van der Waals surface area (Å²) in [4.78, 5) is 0. The third-order valence-corrected chi connectivity index (χ3v) is 4.18. The summed E-state index contributed by atoms with van der Waals surface area (Å²) in [5.41, 5.74) is 0.785. The van der Waals surface area contributed by atoms with Crippen molar-refractivity contribution in [2.24, 2.45) is 0 Å². The Balaban J connectivity index is 1.62. The lowest BCUT2D eigenvalue weighted by Crippen LogP contribution is -2.44.